The van der Waals surface area contributed by atoms with Gasteiger partial charge in [-0.15, -0.1) is 0 Å². The molecule has 2 fully saturated rings. The molecule has 0 spiro atoms. The number of hydrogen-bond donors (Lipinski definition) is 1. The summed E-state index contributed by atoms with van der Waals surface area (Å²) in [4.78, 5) is 4.18. The van der Waals surface area contributed by atoms with E-state index in [-0.39, 0.29) is 11.3 Å². The van der Waals surface area contributed by atoms with Crippen LogP contribution < -0.4 is 5.32 Å². The highest BCUT2D eigenvalue weighted by molar-refractivity contribution is 7.90. The Morgan fingerprint density at radius 3 is 2.48 bits per heavy atom. The van der Waals surface area contributed by atoms with Gasteiger partial charge in [-0.2, -0.15) is 5.26 Å². The van der Waals surface area contributed by atoms with E-state index >= 15 is 0 Å². The van der Waals surface area contributed by atoms with Gasteiger partial charge >= 0.3 is 0 Å². The summed E-state index contributed by atoms with van der Waals surface area (Å²) in [7, 11) is -3.04. The van der Waals surface area contributed by atoms with Gasteiger partial charge < -0.3 is 5.32 Å². The van der Waals surface area contributed by atoms with E-state index in [0.29, 0.717) is 18.7 Å². The molecule has 3 rings (SSSR count). The van der Waals surface area contributed by atoms with Gasteiger partial charge in [-0.1, -0.05) is 0 Å². The van der Waals surface area contributed by atoms with E-state index in [4.69, 9.17) is 5.26 Å². The lowest BCUT2D eigenvalue weighted by molar-refractivity contribution is 0.329. The molecule has 0 unspecified atom stereocenters. The minimum Gasteiger partial charge on any atom is -0.367 e. The second kappa shape index (κ2) is 5.62. The molecule has 7 heteroatoms. The lowest BCUT2D eigenvalue weighted by Crippen LogP contribution is -2.43. The highest BCUT2D eigenvalue weighted by Crippen LogP contribution is 2.32. The summed E-state index contributed by atoms with van der Waals surface area (Å²) in [6.45, 7) is 1.15. The molecule has 21 heavy (non-hydrogen) atoms. The van der Waals surface area contributed by atoms with Crippen LogP contribution in [0.3, 0.4) is 0 Å². The summed E-state index contributed by atoms with van der Waals surface area (Å²) < 4.78 is 25.9. The van der Waals surface area contributed by atoms with Crippen molar-refractivity contribution in [3.63, 3.8) is 0 Å². The summed E-state index contributed by atoms with van der Waals surface area (Å²) in [6, 6.07) is 5.77. The summed E-state index contributed by atoms with van der Waals surface area (Å²) in [5.41, 5.74) is 0.533. The summed E-state index contributed by atoms with van der Waals surface area (Å²) in [5.74, 6) is 0.734. The molecule has 2 heterocycles. The Balaban J connectivity index is 1.55. The molecule has 1 aliphatic carbocycles. The van der Waals surface area contributed by atoms with Gasteiger partial charge in [-0.05, 0) is 37.8 Å². The largest absolute Gasteiger partial charge is 0.367 e. The molecule has 0 amide bonds. The first-order valence-corrected chi connectivity index (χ1v) is 8.71. The number of piperidine rings is 1. The van der Waals surface area contributed by atoms with Gasteiger partial charge in [0.2, 0.25) is 10.0 Å². The SMILES string of the molecule is N#Cc1ccc(NC2CCN(S(=O)(=O)C3CC3)CC2)nc1. The van der Waals surface area contributed by atoms with Crippen LogP contribution in [0.2, 0.25) is 0 Å². The first-order valence-electron chi connectivity index (χ1n) is 7.21. The molecule has 2 aliphatic rings. The Morgan fingerprint density at radius 2 is 1.95 bits per heavy atom. The van der Waals surface area contributed by atoms with E-state index in [0.717, 1.165) is 31.5 Å². The second-order valence-corrected chi connectivity index (χ2v) is 7.82. The minimum absolute atomic E-state index is 0.123. The van der Waals surface area contributed by atoms with Crippen molar-refractivity contribution in [1.82, 2.24) is 9.29 Å². The fraction of sp³-hybridized carbons (Fsp3) is 0.571. The monoisotopic (exact) mass is 306 g/mol. The molecule has 1 saturated carbocycles. The Bertz CT molecular complexity index is 639. The zero-order chi connectivity index (χ0) is 14.9. The van der Waals surface area contributed by atoms with Crippen molar-refractivity contribution >= 4 is 15.8 Å². The van der Waals surface area contributed by atoms with Crippen LogP contribution in [-0.4, -0.2) is 42.1 Å². The molecular formula is C14H18N4O2S. The molecule has 0 atom stereocenters. The molecule has 1 aromatic rings. The quantitative estimate of drug-likeness (QED) is 0.906. The Morgan fingerprint density at radius 1 is 1.24 bits per heavy atom. The number of aromatic nitrogens is 1. The predicted molar refractivity (Wildman–Crippen MR) is 79.1 cm³/mol. The third-order valence-corrected chi connectivity index (χ3v) is 6.40. The molecule has 1 aliphatic heterocycles. The maximum atomic E-state index is 12.1. The molecule has 1 N–H and O–H groups in total. The summed E-state index contributed by atoms with van der Waals surface area (Å²) in [6.07, 6.45) is 4.74. The van der Waals surface area contributed by atoms with Crippen LogP contribution in [0.25, 0.3) is 0 Å². The average Bonchev–Trinajstić information content (AvgIpc) is 3.34. The number of nitrogens with one attached hydrogen (secondary N) is 1. The molecule has 0 aromatic carbocycles. The van der Waals surface area contributed by atoms with E-state index in [1.807, 2.05) is 6.07 Å². The van der Waals surface area contributed by atoms with Gasteiger partial charge in [0.25, 0.3) is 0 Å². The smallest absolute Gasteiger partial charge is 0.216 e. The maximum absolute atomic E-state index is 12.1. The van der Waals surface area contributed by atoms with Gasteiger partial charge in [0, 0.05) is 25.3 Å². The van der Waals surface area contributed by atoms with Crippen LogP contribution in [0.5, 0.6) is 0 Å². The third kappa shape index (κ3) is 3.17. The average molecular weight is 306 g/mol. The van der Waals surface area contributed by atoms with Crippen molar-refractivity contribution in [2.75, 3.05) is 18.4 Å². The van der Waals surface area contributed by atoms with Gasteiger partial charge in [0.1, 0.15) is 11.9 Å². The topological polar surface area (TPSA) is 86.1 Å². The normalized spacial score (nSPS) is 20.9. The first-order chi connectivity index (χ1) is 10.1. The zero-order valence-corrected chi connectivity index (χ0v) is 12.5. The van der Waals surface area contributed by atoms with E-state index < -0.39 is 10.0 Å². The van der Waals surface area contributed by atoms with Crippen molar-refractivity contribution in [3.8, 4) is 6.07 Å². The molecule has 1 aromatic heterocycles. The maximum Gasteiger partial charge on any atom is 0.216 e. The Kier molecular flexibility index (Phi) is 3.83. The van der Waals surface area contributed by atoms with Gasteiger partial charge in [-0.25, -0.2) is 17.7 Å². The highest BCUT2D eigenvalue weighted by Gasteiger charge is 2.41. The van der Waals surface area contributed by atoms with Crippen LogP contribution in [0.1, 0.15) is 31.2 Å². The van der Waals surface area contributed by atoms with Crippen LogP contribution in [0, 0.1) is 11.3 Å². The molecule has 0 radical (unpaired) electrons. The number of hydrogen-bond acceptors (Lipinski definition) is 5. The van der Waals surface area contributed by atoms with E-state index in [1.165, 1.54) is 6.20 Å². The van der Waals surface area contributed by atoms with Crippen molar-refractivity contribution < 1.29 is 8.42 Å². The second-order valence-electron chi connectivity index (χ2n) is 5.61. The van der Waals surface area contributed by atoms with Crippen LogP contribution in [-0.2, 0) is 10.0 Å². The minimum atomic E-state index is -3.04. The van der Waals surface area contributed by atoms with E-state index in [2.05, 4.69) is 10.3 Å². The van der Waals surface area contributed by atoms with Gasteiger partial charge in [0.05, 0.1) is 10.8 Å². The lowest BCUT2D eigenvalue weighted by atomic mass is 10.1. The third-order valence-electron chi connectivity index (χ3n) is 4.00. The predicted octanol–water partition coefficient (Wildman–Crippen LogP) is 1.32. The van der Waals surface area contributed by atoms with Crippen molar-refractivity contribution in [3.05, 3.63) is 23.9 Å². The standard InChI is InChI=1S/C14H18N4O2S/c15-9-11-1-4-14(16-10-11)17-12-5-7-18(8-6-12)21(19,20)13-2-3-13/h1,4,10,12-13H,2-3,5-8H2,(H,16,17). The first kappa shape index (κ1) is 14.3. The highest BCUT2D eigenvalue weighted by atomic mass is 32.2. The summed E-state index contributed by atoms with van der Waals surface area (Å²) >= 11 is 0. The van der Waals surface area contributed by atoms with Crippen LogP contribution >= 0.6 is 0 Å². The fourth-order valence-electron chi connectivity index (χ4n) is 2.59. The van der Waals surface area contributed by atoms with Crippen molar-refractivity contribution in [1.29, 1.82) is 5.26 Å². The molecule has 1 saturated heterocycles. The Hall–Kier alpha value is -1.65. The Labute approximate surface area is 124 Å². The number of nitriles is 1. The van der Waals surface area contributed by atoms with Crippen LogP contribution in [0.4, 0.5) is 5.82 Å². The fourth-order valence-corrected chi connectivity index (χ4v) is 4.46. The number of pyridine rings is 1. The van der Waals surface area contributed by atoms with E-state index in [9.17, 15) is 8.42 Å². The van der Waals surface area contributed by atoms with Crippen LogP contribution in [0.15, 0.2) is 18.3 Å². The zero-order valence-electron chi connectivity index (χ0n) is 11.7. The van der Waals surface area contributed by atoms with Crippen molar-refractivity contribution in [2.24, 2.45) is 0 Å². The molecule has 0 bridgehead atoms. The number of sulfonamides is 1. The number of rotatable bonds is 4. The van der Waals surface area contributed by atoms with Crippen molar-refractivity contribution in [2.45, 2.75) is 37.0 Å². The number of anilines is 1. The summed E-state index contributed by atoms with van der Waals surface area (Å²) in [5, 5.41) is 11.9. The lowest BCUT2D eigenvalue weighted by Gasteiger charge is -2.31. The molecule has 6 nitrogen and oxygen atoms in total. The number of nitrogens with zero attached hydrogens (tertiary/aromatic N) is 3. The molecular weight excluding hydrogens is 288 g/mol. The molecule has 112 valence electrons. The van der Waals surface area contributed by atoms with Gasteiger partial charge in [-0.3, -0.25) is 0 Å². The van der Waals surface area contributed by atoms with Gasteiger partial charge in [0.15, 0.2) is 0 Å². The van der Waals surface area contributed by atoms with E-state index in [1.54, 1.807) is 16.4 Å².